The summed E-state index contributed by atoms with van der Waals surface area (Å²) < 4.78 is 0. The molecule has 13 heavy (non-hydrogen) atoms. The van der Waals surface area contributed by atoms with E-state index < -0.39 is 0 Å². The maximum absolute atomic E-state index is 11.0. The molecule has 2 aliphatic carbocycles. The molecular weight excluding hydrogens is 186 g/mol. The topological polar surface area (TPSA) is 20.3 Å². The zero-order chi connectivity index (χ0) is 9.05. The molecule has 2 atom stereocenters. The van der Waals surface area contributed by atoms with Crippen LogP contribution in [-0.2, 0) is 0 Å². The van der Waals surface area contributed by atoms with Gasteiger partial charge in [-0.15, -0.1) is 0 Å². The average molecular weight is 200 g/mol. The Hall–Kier alpha value is -0.240. The second kappa shape index (κ2) is 2.41. The van der Waals surface area contributed by atoms with Crippen molar-refractivity contribution in [2.24, 2.45) is 17.3 Å². The van der Waals surface area contributed by atoms with Gasteiger partial charge in [0.25, 0.3) is 0 Å². The van der Waals surface area contributed by atoms with Crippen LogP contribution in [0.2, 0.25) is 0 Å². The van der Waals surface area contributed by atoms with Crippen LogP contribution in [0.5, 0.6) is 0 Å². The molecule has 0 aromatic carbocycles. The highest BCUT2D eigenvalue weighted by Crippen LogP contribution is 2.65. The number of likely N-dealkylation sites (tertiary alicyclic amines) is 1. The largest absolute Gasteiger partial charge is 0.329 e. The normalized spacial score (nSPS) is 47.0. The number of halogens is 1. The standard InChI is InChI=1S/C10H14ClNO/c11-9(13)12-5-7-1-3-10(7)4-2-8(10)6-12/h7-8H,1-6H2. The van der Waals surface area contributed by atoms with Crippen LogP contribution < -0.4 is 0 Å². The molecule has 3 fully saturated rings. The number of hydrogen-bond donors (Lipinski definition) is 0. The molecule has 0 aromatic rings. The summed E-state index contributed by atoms with van der Waals surface area (Å²) in [5, 5.41) is -0.243. The van der Waals surface area contributed by atoms with Crippen molar-refractivity contribution >= 4 is 17.0 Å². The zero-order valence-electron chi connectivity index (χ0n) is 7.63. The Balaban J connectivity index is 1.79. The van der Waals surface area contributed by atoms with Crippen LogP contribution in [0.1, 0.15) is 25.7 Å². The van der Waals surface area contributed by atoms with Crippen molar-refractivity contribution in [2.45, 2.75) is 25.7 Å². The van der Waals surface area contributed by atoms with Crippen LogP contribution >= 0.6 is 11.6 Å². The third-order valence-electron chi connectivity index (χ3n) is 4.67. The van der Waals surface area contributed by atoms with Gasteiger partial charge in [-0.2, -0.15) is 0 Å². The van der Waals surface area contributed by atoms with Crippen molar-refractivity contribution in [3.8, 4) is 0 Å². The van der Waals surface area contributed by atoms with Crippen LogP contribution in [0.4, 0.5) is 4.79 Å². The summed E-state index contributed by atoms with van der Waals surface area (Å²) in [6.45, 7) is 1.86. The van der Waals surface area contributed by atoms with Crippen LogP contribution in [0.25, 0.3) is 0 Å². The minimum atomic E-state index is -0.243. The van der Waals surface area contributed by atoms with Gasteiger partial charge in [0.05, 0.1) is 0 Å². The van der Waals surface area contributed by atoms with E-state index >= 15 is 0 Å². The molecule has 0 N–H and O–H groups in total. The minimum absolute atomic E-state index is 0.243. The molecule has 72 valence electrons. The second-order valence-corrected chi connectivity index (χ2v) is 5.19. The second-order valence-electron chi connectivity index (χ2n) is 4.86. The highest BCUT2D eigenvalue weighted by molar-refractivity contribution is 6.62. The minimum Gasteiger partial charge on any atom is -0.329 e. The van der Waals surface area contributed by atoms with Gasteiger partial charge < -0.3 is 4.90 Å². The number of piperidine rings is 1. The van der Waals surface area contributed by atoms with E-state index in [0.29, 0.717) is 5.41 Å². The molecule has 3 rings (SSSR count). The average Bonchev–Trinajstić information content (AvgIpc) is 1.97. The van der Waals surface area contributed by atoms with Gasteiger partial charge in [-0.1, -0.05) is 0 Å². The van der Waals surface area contributed by atoms with Gasteiger partial charge in [0, 0.05) is 13.1 Å². The Kier molecular flexibility index (Phi) is 1.50. The Labute approximate surface area is 83.2 Å². The van der Waals surface area contributed by atoms with Crippen molar-refractivity contribution in [2.75, 3.05) is 13.1 Å². The lowest BCUT2D eigenvalue weighted by Gasteiger charge is -2.66. The van der Waals surface area contributed by atoms with Gasteiger partial charge in [-0.05, 0) is 54.5 Å². The van der Waals surface area contributed by atoms with Crippen LogP contribution in [0.3, 0.4) is 0 Å². The molecule has 2 nitrogen and oxygen atoms in total. The van der Waals surface area contributed by atoms with Crippen LogP contribution in [0, 0.1) is 17.3 Å². The summed E-state index contributed by atoms with van der Waals surface area (Å²) in [6.07, 6.45) is 5.45. The molecule has 1 heterocycles. The van der Waals surface area contributed by atoms with E-state index in [2.05, 4.69) is 0 Å². The quantitative estimate of drug-likeness (QED) is 0.434. The van der Waals surface area contributed by atoms with Crippen molar-refractivity contribution in [1.29, 1.82) is 0 Å². The van der Waals surface area contributed by atoms with Gasteiger partial charge in [-0.3, -0.25) is 4.79 Å². The molecule has 1 saturated heterocycles. The van der Waals surface area contributed by atoms with Gasteiger partial charge in [0.1, 0.15) is 0 Å². The molecule has 2 saturated carbocycles. The molecular formula is C10H14ClNO. The van der Waals surface area contributed by atoms with E-state index in [-0.39, 0.29) is 5.37 Å². The molecule has 2 unspecified atom stereocenters. The summed E-state index contributed by atoms with van der Waals surface area (Å²) in [5.74, 6) is 1.56. The molecule has 0 aromatic heterocycles. The predicted molar refractivity (Wildman–Crippen MR) is 50.7 cm³/mol. The van der Waals surface area contributed by atoms with Crippen LogP contribution in [-0.4, -0.2) is 23.4 Å². The molecule has 1 spiro atoms. The van der Waals surface area contributed by atoms with E-state index in [9.17, 15) is 4.79 Å². The Morgan fingerprint density at radius 1 is 1.23 bits per heavy atom. The predicted octanol–water partition coefficient (Wildman–Crippen LogP) is 2.47. The summed E-state index contributed by atoms with van der Waals surface area (Å²) in [6, 6.07) is 0. The summed E-state index contributed by atoms with van der Waals surface area (Å²) >= 11 is 5.52. The van der Waals surface area contributed by atoms with Gasteiger partial charge >= 0.3 is 5.37 Å². The number of nitrogens with zero attached hydrogens (tertiary/aromatic N) is 1. The lowest BCUT2D eigenvalue weighted by molar-refractivity contribution is -0.154. The first-order valence-corrected chi connectivity index (χ1v) is 5.54. The lowest BCUT2D eigenvalue weighted by atomic mass is 9.43. The Morgan fingerprint density at radius 3 is 2.08 bits per heavy atom. The Bertz CT molecular complexity index is 246. The lowest BCUT2D eigenvalue weighted by Crippen LogP contribution is -2.63. The van der Waals surface area contributed by atoms with Gasteiger partial charge in [0.2, 0.25) is 0 Å². The van der Waals surface area contributed by atoms with Crippen molar-refractivity contribution in [3.63, 3.8) is 0 Å². The molecule has 3 aliphatic rings. The van der Waals surface area contributed by atoms with E-state index in [1.54, 1.807) is 0 Å². The third kappa shape index (κ3) is 0.876. The molecule has 1 amide bonds. The highest BCUT2D eigenvalue weighted by atomic mass is 35.5. The first kappa shape index (κ1) is 8.10. The van der Waals surface area contributed by atoms with Gasteiger partial charge in [0.15, 0.2) is 0 Å². The molecule has 1 aliphatic heterocycles. The first-order valence-electron chi connectivity index (χ1n) is 5.17. The van der Waals surface area contributed by atoms with Gasteiger partial charge in [-0.25, -0.2) is 0 Å². The number of rotatable bonds is 0. The number of carbonyl (C=O) groups is 1. The maximum Gasteiger partial charge on any atom is 0.316 e. The van der Waals surface area contributed by atoms with E-state index in [1.807, 2.05) is 4.90 Å². The van der Waals surface area contributed by atoms with E-state index in [1.165, 1.54) is 25.7 Å². The number of amides is 1. The fourth-order valence-electron chi connectivity index (χ4n) is 3.60. The maximum atomic E-state index is 11.0. The smallest absolute Gasteiger partial charge is 0.316 e. The molecule has 0 bridgehead atoms. The Morgan fingerprint density at radius 2 is 1.77 bits per heavy atom. The molecule has 3 heteroatoms. The van der Waals surface area contributed by atoms with Crippen LogP contribution in [0.15, 0.2) is 0 Å². The fourth-order valence-corrected chi connectivity index (χ4v) is 3.74. The summed E-state index contributed by atoms with van der Waals surface area (Å²) in [7, 11) is 0. The van der Waals surface area contributed by atoms with E-state index in [0.717, 1.165) is 24.9 Å². The number of carbonyl (C=O) groups excluding carboxylic acids is 1. The fraction of sp³-hybridized carbons (Fsp3) is 0.900. The van der Waals surface area contributed by atoms with Crippen molar-refractivity contribution in [1.82, 2.24) is 4.90 Å². The van der Waals surface area contributed by atoms with Crippen molar-refractivity contribution < 1.29 is 4.79 Å². The first-order chi connectivity index (χ1) is 6.22. The monoisotopic (exact) mass is 199 g/mol. The zero-order valence-corrected chi connectivity index (χ0v) is 8.39. The van der Waals surface area contributed by atoms with Crippen molar-refractivity contribution in [3.05, 3.63) is 0 Å². The third-order valence-corrected chi connectivity index (χ3v) is 4.91. The number of hydrogen-bond acceptors (Lipinski definition) is 1. The highest BCUT2D eigenvalue weighted by Gasteiger charge is 2.60. The molecule has 0 radical (unpaired) electrons. The SMILES string of the molecule is O=C(Cl)N1CC2CCC23CCC3C1. The summed E-state index contributed by atoms with van der Waals surface area (Å²) in [5.41, 5.74) is 0.669. The van der Waals surface area contributed by atoms with E-state index in [4.69, 9.17) is 11.6 Å². The summed E-state index contributed by atoms with van der Waals surface area (Å²) in [4.78, 5) is 12.9.